The zero-order valence-electron chi connectivity index (χ0n) is 19.6. The fourth-order valence-corrected chi connectivity index (χ4v) is 4.39. The van der Waals surface area contributed by atoms with E-state index >= 15 is 0 Å². The molecule has 1 aliphatic rings. The summed E-state index contributed by atoms with van der Waals surface area (Å²) in [6.45, 7) is 0.426. The average molecular weight is 534 g/mol. The molecule has 1 heterocycles. The van der Waals surface area contributed by atoms with Gasteiger partial charge in [0.25, 0.3) is 0 Å². The summed E-state index contributed by atoms with van der Waals surface area (Å²) in [6.07, 6.45) is -1.29. The van der Waals surface area contributed by atoms with Crippen LogP contribution in [-0.4, -0.2) is 106 Å². The summed E-state index contributed by atoms with van der Waals surface area (Å²) >= 11 is 0.692. The highest BCUT2D eigenvalue weighted by Crippen LogP contribution is 2.20. The molecule has 5 unspecified atom stereocenters. The predicted molar refractivity (Wildman–Crippen MR) is 125 cm³/mol. The van der Waals surface area contributed by atoms with Gasteiger partial charge in [-0.25, -0.2) is 0 Å². The first-order valence-electron chi connectivity index (χ1n) is 10.7. The van der Waals surface area contributed by atoms with Crippen LogP contribution in [0.4, 0.5) is 0 Å². The van der Waals surface area contributed by atoms with Crippen molar-refractivity contribution in [3.63, 3.8) is 0 Å². The molecule has 1 rings (SSSR count). The van der Waals surface area contributed by atoms with Gasteiger partial charge in [0.15, 0.2) is 0 Å². The van der Waals surface area contributed by atoms with Crippen LogP contribution in [0.1, 0.15) is 19.8 Å². The number of aliphatic hydroxyl groups excluding tert-OH is 1. The first kappa shape index (κ1) is 30.6. The summed E-state index contributed by atoms with van der Waals surface area (Å²) in [7, 11) is 1.40. The number of carbonyl (C=O) groups is 7. The van der Waals surface area contributed by atoms with Crippen molar-refractivity contribution in [2.24, 2.45) is 11.5 Å². The number of thioether (sulfide) groups is 1. The van der Waals surface area contributed by atoms with Crippen molar-refractivity contribution >= 4 is 53.2 Å². The molecule has 0 radical (unpaired) electrons. The summed E-state index contributed by atoms with van der Waals surface area (Å²) < 4.78 is 0. The maximum absolute atomic E-state index is 12.9. The Labute approximate surface area is 210 Å². The van der Waals surface area contributed by atoms with Gasteiger partial charge in [0.05, 0.1) is 25.1 Å². The molecule has 0 aromatic carbocycles. The Kier molecular flexibility index (Phi) is 12.1. The van der Waals surface area contributed by atoms with E-state index in [-0.39, 0.29) is 5.75 Å². The number of aliphatic hydroxyl groups is 1. The Morgan fingerprint density at radius 1 is 0.917 bits per heavy atom. The average Bonchev–Trinajstić information content (AvgIpc) is 2.77. The van der Waals surface area contributed by atoms with E-state index in [9.17, 15) is 43.8 Å². The van der Waals surface area contributed by atoms with E-state index in [1.54, 1.807) is 0 Å². The number of rotatable bonds is 7. The van der Waals surface area contributed by atoms with Crippen LogP contribution < -0.4 is 38.1 Å². The third kappa shape index (κ3) is 9.31. The molecule has 0 spiro atoms. The van der Waals surface area contributed by atoms with E-state index in [1.807, 2.05) is 0 Å². The van der Waals surface area contributed by atoms with Crippen LogP contribution in [0.25, 0.3) is 0 Å². The third-order valence-electron chi connectivity index (χ3n) is 5.07. The van der Waals surface area contributed by atoms with Crippen molar-refractivity contribution in [2.75, 3.05) is 19.4 Å². The van der Waals surface area contributed by atoms with Gasteiger partial charge < -0.3 is 48.3 Å². The number of hydrogen-bond donors (Lipinski definition) is 9. The van der Waals surface area contributed by atoms with Gasteiger partial charge in [0, 0.05) is 12.2 Å². The van der Waals surface area contributed by atoms with Crippen LogP contribution in [-0.2, 0) is 33.6 Å². The molecular formula is C19H31N7O9S. The first-order chi connectivity index (χ1) is 16.8. The van der Waals surface area contributed by atoms with Crippen LogP contribution >= 0.6 is 11.8 Å². The number of carbonyl (C=O) groups excluding carboxylic acids is 6. The van der Waals surface area contributed by atoms with Gasteiger partial charge in [-0.2, -0.15) is 0 Å². The molecule has 11 N–H and O–H groups in total. The Morgan fingerprint density at radius 3 is 1.97 bits per heavy atom. The molecule has 16 nitrogen and oxygen atoms in total. The molecule has 0 aliphatic carbocycles. The van der Waals surface area contributed by atoms with Gasteiger partial charge in [-0.15, -0.1) is 11.8 Å². The third-order valence-corrected chi connectivity index (χ3v) is 6.49. The Hall–Kier alpha value is -3.44. The second-order valence-corrected chi connectivity index (χ2v) is 9.10. The van der Waals surface area contributed by atoms with Crippen LogP contribution in [0.5, 0.6) is 0 Å². The Morgan fingerprint density at radius 2 is 1.47 bits per heavy atom. The fourth-order valence-electron chi connectivity index (χ4n) is 3.14. The van der Waals surface area contributed by atoms with Crippen molar-refractivity contribution in [3.8, 4) is 0 Å². The minimum absolute atomic E-state index is 0.192. The number of nitrogens with one attached hydrogen (secondary N) is 5. The molecule has 0 bridgehead atoms. The molecule has 36 heavy (non-hydrogen) atoms. The highest BCUT2D eigenvalue weighted by molar-refractivity contribution is 8.00. The summed E-state index contributed by atoms with van der Waals surface area (Å²) in [6, 6.07) is -6.76. The van der Waals surface area contributed by atoms with Crippen molar-refractivity contribution in [2.45, 2.75) is 55.2 Å². The number of carboxylic acid groups (broad SMARTS) is 1. The number of likely N-dealkylation sites (N-methyl/N-ethyl adjacent to an activating group) is 1. The highest BCUT2D eigenvalue weighted by Gasteiger charge is 2.36. The Bertz CT molecular complexity index is 887. The topological polar surface area (TPSA) is 272 Å². The summed E-state index contributed by atoms with van der Waals surface area (Å²) in [5.41, 5.74) is 10.4. The van der Waals surface area contributed by atoms with Gasteiger partial charge in [-0.3, -0.25) is 33.6 Å². The summed E-state index contributed by atoms with van der Waals surface area (Å²) in [4.78, 5) is 85.7. The van der Waals surface area contributed by atoms with Crippen LogP contribution in [0, 0.1) is 0 Å². The zero-order valence-corrected chi connectivity index (χ0v) is 20.4. The second-order valence-electron chi connectivity index (χ2n) is 7.92. The van der Waals surface area contributed by atoms with E-state index in [1.165, 1.54) is 14.0 Å². The molecule has 0 saturated carbocycles. The molecule has 1 saturated heterocycles. The lowest BCUT2D eigenvalue weighted by Gasteiger charge is -2.29. The standard InChI is InChI=1S/C19H31N7O9S/c1-7-15(30)25-9(4-13(21)29)16(31)24-8(3-12(20)28)14(19(34)35)36-6-11(22-2)18(33)26-10(5-27)17(32)23-7/h7-11,14,22,27H,3-6H2,1-2H3,(H2,20,28)(H2,21,29)(H,23,32)(H,24,31)(H,25,30)(H,26,33)(H,34,35)/t7?,8?,9-,10?,11?,14?/m0/s1. The largest absolute Gasteiger partial charge is 0.480 e. The van der Waals surface area contributed by atoms with Crippen molar-refractivity contribution < 1.29 is 43.8 Å². The molecule has 6 amide bonds. The van der Waals surface area contributed by atoms with Gasteiger partial charge in [-0.1, -0.05) is 0 Å². The lowest BCUT2D eigenvalue weighted by Crippen LogP contribution is -2.60. The Balaban J connectivity index is 3.45. The lowest BCUT2D eigenvalue weighted by atomic mass is 10.1. The van der Waals surface area contributed by atoms with Crippen molar-refractivity contribution in [3.05, 3.63) is 0 Å². The van der Waals surface area contributed by atoms with Gasteiger partial charge in [0.1, 0.15) is 23.4 Å². The smallest absolute Gasteiger partial charge is 0.318 e. The lowest BCUT2D eigenvalue weighted by molar-refractivity contribution is -0.138. The quantitative estimate of drug-likeness (QED) is 0.149. The van der Waals surface area contributed by atoms with Gasteiger partial charge >= 0.3 is 5.97 Å². The number of amides is 6. The predicted octanol–water partition coefficient (Wildman–Crippen LogP) is -5.52. The van der Waals surface area contributed by atoms with Crippen LogP contribution in [0.2, 0.25) is 0 Å². The van der Waals surface area contributed by atoms with Crippen LogP contribution in [0.15, 0.2) is 0 Å². The highest BCUT2D eigenvalue weighted by atomic mass is 32.2. The number of nitrogens with two attached hydrogens (primary N) is 2. The van der Waals surface area contributed by atoms with E-state index in [0.29, 0.717) is 11.8 Å². The molecule has 0 aromatic rings. The first-order valence-corrected chi connectivity index (χ1v) is 11.8. The zero-order chi connectivity index (χ0) is 27.6. The minimum atomic E-state index is -1.57. The number of aliphatic carboxylic acids is 1. The number of carboxylic acids is 1. The molecule has 202 valence electrons. The number of hydrogen-bond acceptors (Lipinski definition) is 10. The monoisotopic (exact) mass is 533 g/mol. The summed E-state index contributed by atoms with van der Waals surface area (Å²) in [5.74, 6) is -7.18. The number of primary amides is 2. The SMILES string of the molecule is CNC1CSC(C(=O)O)C(CC(N)=O)NC(=O)[C@H](CC(N)=O)NC(=O)C(C)NC(=O)C(CO)NC1=O. The van der Waals surface area contributed by atoms with Crippen LogP contribution in [0.3, 0.4) is 0 Å². The molecule has 1 aliphatic heterocycles. The molecular weight excluding hydrogens is 502 g/mol. The molecule has 0 aromatic heterocycles. The normalized spacial score (nSPS) is 28.8. The van der Waals surface area contributed by atoms with E-state index < -0.39 is 96.3 Å². The summed E-state index contributed by atoms with van der Waals surface area (Å²) in [5, 5.41) is 29.6. The minimum Gasteiger partial charge on any atom is -0.480 e. The molecule has 17 heteroatoms. The van der Waals surface area contributed by atoms with Gasteiger partial charge in [0.2, 0.25) is 35.4 Å². The maximum atomic E-state index is 12.9. The van der Waals surface area contributed by atoms with Crippen molar-refractivity contribution in [1.82, 2.24) is 26.6 Å². The van der Waals surface area contributed by atoms with E-state index in [4.69, 9.17) is 11.5 Å². The fraction of sp³-hybridized carbons (Fsp3) is 0.632. The maximum Gasteiger partial charge on any atom is 0.318 e. The molecule has 6 atom stereocenters. The van der Waals surface area contributed by atoms with E-state index in [2.05, 4.69) is 26.6 Å². The van der Waals surface area contributed by atoms with Gasteiger partial charge in [-0.05, 0) is 14.0 Å². The second kappa shape index (κ2) is 14.2. The van der Waals surface area contributed by atoms with E-state index in [0.717, 1.165) is 0 Å². The molecule has 1 fully saturated rings. The van der Waals surface area contributed by atoms with Crippen molar-refractivity contribution in [1.29, 1.82) is 0 Å².